The number of nitrogens with zero attached hydrogens (tertiary/aromatic N) is 2. The van der Waals surface area contributed by atoms with E-state index in [9.17, 15) is 9.59 Å². The van der Waals surface area contributed by atoms with Gasteiger partial charge in [0.05, 0.1) is 6.61 Å². The molecule has 0 spiro atoms. The van der Waals surface area contributed by atoms with Crippen LogP contribution in [0.4, 0.5) is 11.6 Å². The molecule has 9 nitrogen and oxygen atoms in total. The lowest BCUT2D eigenvalue weighted by atomic mass is 10.2. The molecule has 0 radical (unpaired) electrons. The molecule has 0 fully saturated rings. The van der Waals surface area contributed by atoms with Gasteiger partial charge in [-0.05, 0) is 42.6 Å². The lowest BCUT2D eigenvalue weighted by Gasteiger charge is -2.12. The van der Waals surface area contributed by atoms with Gasteiger partial charge >= 0.3 is 0 Å². The van der Waals surface area contributed by atoms with Crippen LogP contribution in [0.5, 0.6) is 5.75 Å². The first-order valence-corrected chi connectivity index (χ1v) is 12.1. The molecule has 0 aliphatic heterocycles. The highest BCUT2D eigenvalue weighted by atomic mass is 35.5. The molecule has 180 valence electrons. The van der Waals surface area contributed by atoms with Crippen LogP contribution in [-0.2, 0) is 4.79 Å². The second kappa shape index (κ2) is 12.8. The van der Waals surface area contributed by atoms with Gasteiger partial charge < -0.3 is 26.0 Å². The van der Waals surface area contributed by atoms with Gasteiger partial charge in [-0.25, -0.2) is 9.97 Å². The topological polar surface area (TPSA) is 117 Å². The summed E-state index contributed by atoms with van der Waals surface area (Å²) in [6.07, 6.45) is 0. The van der Waals surface area contributed by atoms with Gasteiger partial charge in [0.25, 0.3) is 5.91 Å². The van der Waals surface area contributed by atoms with Gasteiger partial charge in [0.15, 0.2) is 5.82 Å². The third-order valence-electron chi connectivity index (χ3n) is 4.49. The summed E-state index contributed by atoms with van der Waals surface area (Å²) in [5.74, 6) is 2.06. The molecular weight excluding hydrogens is 476 g/mol. The first kappa shape index (κ1) is 25.3. The first-order chi connectivity index (χ1) is 16.5. The molecule has 11 heteroatoms. The second-order valence-corrected chi connectivity index (χ2v) is 8.46. The number of carbonyl (C=O) groups excluding carboxylic acids is 2. The van der Waals surface area contributed by atoms with Crippen molar-refractivity contribution in [3.8, 4) is 17.1 Å². The van der Waals surface area contributed by atoms with Gasteiger partial charge in [-0.3, -0.25) is 9.59 Å². The van der Waals surface area contributed by atoms with Gasteiger partial charge in [-0.2, -0.15) is 0 Å². The fourth-order valence-corrected chi connectivity index (χ4v) is 3.84. The summed E-state index contributed by atoms with van der Waals surface area (Å²) in [7, 11) is 0. The summed E-state index contributed by atoms with van der Waals surface area (Å²) in [4.78, 5) is 33.2. The minimum atomic E-state index is -0.176. The molecule has 0 bridgehead atoms. The third-order valence-corrected chi connectivity index (χ3v) is 5.63. The van der Waals surface area contributed by atoms with Gasteiger partial charge in [-0.15, -0.1) is 11.3 Å². The molecule has 34 heavy (non-hydrogen) atoms. The Morgan fingerprint density at radius 2 is 1.62 bits per heavy atom. The summed E-state index contributed by atoms with van der Waals surface area (Å²) < 4.78 is 5.48. The molecule has 3 rings (SSSR count). The highest BCUT2D eigenvalue weighted by Crippen LogP contribution is 2.25. The van der Waals surface area contributed by atoms with E-state index in [2.05, 4.69) is 31.2 Å². The molecule has 0 aliphatic rings. The van der Waals surface area contributed by atoms with Crippen molar-refractivity contribution in [2.45, 2.75) is 13.8 Å². The fourth-order valence-electron chi connectivity index (χ4n) is 2.96. The molecule has 0 aliphatic carbocycles. The Labute approximate surface area is 207 Å². The Hall–Kier alpha value is -3.37. The fraction of sp³-hybridized carbons (Fsp3) is 0.304. The zero-order valence-corrected chi connectivity index (χ0v) is 20.6. The predicted molar refractivity (Wildman–Crippen MR) is 136 cm³/mol. The Kier molecular flexibility index (Phi) is 9.48. The van der Waals surface area contributed by atoms with E-state index in [0.29, 0.717) is 65.9 Å². The maximum Gasteiger partial charge on any atom is 0.265 e. The van der Waals surface area contributed by atoms with Gasteiger partial charge in [0.2, 0.25) is 5.91 Å². The van der Waals surface area contributed by atoms with Crippen molar-refractivity contribution in [2.75, 3.05) is 43.4 Å². The van der Waals surface area contributed by atoms with E-state index in [4.69, 9.17) is 16.3 Å². The van der Waals surface area contributed by atoms with Crippen LogP contribution in [0.3, 0.4) is 0 Å². The van der Waals surface area contributed by atoms with Gasteiger partial charge in [-0.1, -0.05) is 11.6 Å². The molecule has 0 atom stereocenters. The van der Waals surface area contributed by atoms with Crippen molar-refractivity contribution in [1.29, 1.82) is 0 Å². The Morgan fingerprint density at radius 1 is 0.971 bits per heavy atom. The first-order valence-electron chi connectivity index (χ1n) is 10.8. The summed E-state index contributed by atoms with van der Waals surface area (Å²) in [6, 6.07) is 10.8. The van der Waals surface area contributed by atoms with Crippen molar-refractivity contribution in [1.82, 2.24) is 20.6 Å². The molecule has 0 unspecified atom stereocenters. The van der Waals surface area contributed by atoms with Crippen LogP contribution in [0.15, 0.2) is 41.8 Å². The molecular formula is C23H27ClN6O3S. The number of rotatable bonds is 12. The zero-order valence-electron chi connectivity index (χ0n) is 19.0. The predicted octanol–water partition coefficient (Wildman–Crippen LogP) is 3.65. The van der Waals surface area contributed by atoms with Crippen LogP contribution < -0.4 is 26.0 Å². The van der Waals surface area contributed by atoms with Crippen molar-refractivity contribution in [3.63, 3.8) is 0 Å². The maximum atomic E-state index is 12.4. The SMILES string of the molecule is CCOc1ccsc1C(=O)NCCNc1cc(NCCNC(C)=O)nc(-c2ccc(Cl)cc2)n1. The quantitative estimate of drug-likeness (QED) is 0.279. The molecule has 2 heterocycles. The van der Waals surface area contributed by atoms with Crippen LogP contribution in [0, 0.1) is 0 Å². The molecule has 2 amide bonds. The summed E-state index contributed by atoms with van der Waals surface area (Å²) in [5.41, 5.74) is 0.812. The van der Waals surface area contributed by atoms with Gasteiger partial charge in [0.1, 0.15) is 22.3 Å². The lowest BCUT2D eigenvalue weighted by Crippen LogP contribution is -2.28. The number of halogens is 1. The highest BCUT2D eigenvalue weighted by Gasteiger charge is 2.14. The van der Waals surface area contributed by atoms with Crippen LogP contribution >= 0.6 is 22.9 Å². The molecule has 0 saturated carbocycles. The molecule has 4 N–H and O–H groups in total. The molecule has 3 aromatic rings. The normalized spacial score (nSPS) is 10.4. The maximum absolute atomic E-state index is 12.4. The summed E-state index contributed by atoms with van der Waals surface area (Å²) >= 11 is 7.35. The molecule has 1 aromatic carbocycles. The van der Waals surface area contributed by atoms with Crippen LogP contribution in [0.1, 0.15) is 23.5 Å². The zero-order chi connectivity index (χ0) is 24.3. The number of aromatic nitrogens is 2. The standard InChI is InChI=1S/C23H27ClN6O3S/c1-3-33-18-8-13-34-21(18)23(32)28-12-11-27-20-14-19(26-10-9-25-15(2)31)29-22(30-20)16-4-6-17(24)7-5-16/h4-8,13-14H,3,9-12H2,1-2H3,(H,25,31)(H,28,32)(H2,26,27,29,30). The Balaban J connectivity index is 1.63. The van der Waals surface area contributed by atoms with E-state index in [1.165, 1.54) is 18.3 Å². The summed E-state index contributed by atoms with van der Waals surface area (Å²) in [5, 5.41) is 14.5. The minimum Gasteiger partial charge on any atom is -0.492 e. The number of anilines is 2. The number of ether oxygens (including phenoxy) is 1. The Bertz CT molecular complexity index is 1110. The number of hydrogen-bond acceptors (Lipinski definition) is 8. The third kappa shape index (κ3) is 7.60. The van der Waals surface area contributed by atoms with Crippen molar-refractivity contribution < 1.29 is 14.3 Å². The smallest absolute Gasteiger partial charge is 0.265 e. The monoisotopic (exact) mass is 502 g/mol. The van der Waals surface area contributed by atoms with Crippen LogP contribution in [-0.4, -0.2) is 54.6 Å². The average Bonchev–Trinajstić information content (AvgIpc) is 3.28. The van der Waals surface area contributed by atoms with E-state index in [1.54, 1.807) is 24.3 Å². The number of amides is 2. The number of hydrogen-bond donors (Lipinski definition) is 4. The Morgan fingerprint density at radius 3 is 2.24 bits per heavy atom. The number of thiophene rings is 1. The second-order valence-electron chi connectivity index (χ2n) is 7.11. The lowest BCUT2D eigenvalue weighted by molar-refractivity contribution is -0.118. The largest absolute Gasteiger partial charge is 0.492 e. The van der Waals surface area contributed by atoms with E-state index in [-0.39, 0.29) is 11.8 Å². The van der Waals surface area contributed by atoms with Crippen LogP contribution in [0.2, 0.25) is 5.02 Å². The van der Waals surface area contributed by atoms with E-state index in [1.807, 2.05) is 24.4 Å². The average molecular weight is 503 g/mol. The number of carbonyl (C=O) groups is 2. The summed E-state index contributed by atoms with van der Waals surface area (Å²) in [6.45, 7) is 5.69. The number of benzene rings is 1. The van der Waals surface area contributed by atoms with E-state index < -0.39 is 0 Å². The van der Waals surface area contributed by atoms with E-state index >= 15 is 0 Å². The minimum absolute atomic E-state index is 0.0910. The number of nitrogens with one attached hydrogen (secondary N) is 4. The van der Waals surface area contributed by atoms with E-state index in [0.717, 1.165) is 5.56 Å². The van der Waals surface area contributed by atoms with Crippen molar-refractivity contribution in [2.24, 2.45) is 0 Å². The molecule has 2 aromatic heterocycles. The molecule has 0 saturated heterocycles. The highest BCUT2D eigenvalue weighted by molar-refractivity contribution is 7.12. The van der Waals surface area contributed by atoms with Crippen molar-refractivity contribution >= 4 is 46.4 Å². The van der Waals surface area contributed by atoms with Gasteiger partial charge in [0, 0.05) is 49.8 Å². The van der Waals surface area contributed by atoms with Crippen molar-refractivity contribution in [3.05, 3.63) is 51.7 Å². The van der Waals surface area contributed by atoms with Crippen LogP contribution in [0.25, 0.3) is 11.4 Å².